The number of fused-ring (bicyclic) bond motifs is 1. The number of likely N-dealkylation sites (tertiary alicyclic amines) is 1. The molecule has 0 spiro atoms. The zero-order valence-corrected chi connectivity index (χ0v) is 21.1. The molecule has 186 valence electrons. The van der Waals surface area contributed by atoms with Crippen LogP contribution in [0.2, 0.25) is 0 Å². The van der Waals surface area contributed by atoms with Crippen molar-refractivity contribution in [3.8, 4) is 11.3 Å². The smallest absolute Gasteiger partial charge is 0.321 e. The summed E-state index contributed by atoms with van der Waals surface area (Å²) in [6.07, 6.45) is 3.41. The molecule has 1 saturated heterocycles. The lowest BCUT2D eigenvalue weighted by atomic mass is 9.97. The van der Waals surface area contributed by atoms with Crippen molar-refractivity contribution < 1.29 is 9.90 Å². The molecule has 0 saturated carbocycles. The number of carbonyl (C=O) groups is 1. The van der Waals surface area contributed by atoms with Crippen molar-refractivity contribution >= 4 is 22.9 Å². The molecule has 7 heteroatoms. The Morgan fingerprint density at radius 1 is 1.11 bits per heavy atom. The molecule has 3 heterocycles. The monoisotopic (exact) mass is 483 g/mol. The lowest BCUT2D eigenvalue weighted by Gasteiger charge is -2.32. The third kappa shape index (κ3) is 4.79. The zero-order chi connectivity index (χ0) is 25.2. The predicted octanol–water partition coefficient (Wildman–Crippen LogP) is 5.53. The van der Waals surface area contributed by atoms with E-state index < -0.39 is 6.10 Å². The number of carbonyl (C=O) groups excluding carboxylic acids is 1. The molecule has 36 heavy (non-hydrogen) atoms. The van der Waals surface area contributed by atoms with Crippen molar-refractivity contribution in [2.45, 2.75) is 31.8 Å². The van der Waals surface area contributed by atoms with Crippen LogP contribution in [0.4, 0.5) is 16.2 Å². The minimum atomic E-state index is -0.539. The minimum absolute atomic E-state index is 0.0805. The molecule has 1 aliphatic rings. The summed E-state index contributed by atoms with van der Waals surface area (Å²) in [6.45, 7) is 3.11. The van der Waals surface area contributed by atoms with Crippen molar-refractivity contribution in [2.75, 3.05) is 37.4 Å². The summed E-state index contributed by atoms with van der Waals surface area (Å²) >= 11 is 0. The van der Waals surface area contributed by atoms with Gasteiger partial charge in [0.25, 0.3) is 0 Å². The number of rotatable bonds is 5. The van der Waals surface area contributed by atoms with Crippen LogP contribution in [-0.2, 0) is 0 Å². The van der Waals surface area contributed by atoms with E-state index >= 15 is 0 Å². The number of nitrogens with zero attached hydrogens (tertiary/aromatic N) is 4. The number of hydrogen-bond acceptors (Lipinski definition) is 4. The molecule has 2 aromatic heterocycles. The van der Waals surface area contributed by atoms with Gasteiger partial charge in [-0.1, -0.05) is 24.3 Å². The van der Waals surface area contributed by atoms with Gasteiger partial charge in [-0.05, 0) is 67.8 Å². The fraction of sp³-hybridized carbons (Fsp3) is 0.310. The van der Waals surface area contributed by atoms with Crippen LogP contribution in [0.25, 0.3) is 16.8 Å². The van der Waals surface area contributed by atoms with Gasteiger partial charge in [-0.15, -0.1) is 0 Å². The van der Waals surface area contributed by atoms with Crippen LogP contribution in [-0.4, -0.2) is 52.6 Å². The van der Waals surface area contributed by atoms with E-state index in [2.05, 4.69) is 15.8 Å². The predicted molar refractivity (Wildman–Crippen MR) is 145 cm³/mol. The first-order valence-corrected chi connectivity index (χ1v) is 12.5. The van der Waals surface area contributed by atoms with Crippen molar-refractivity contribution in [3.63, 3.8) is 0 Å². The lowest BCUT2D eigenvalue weighted by molar-refractivity contribution is 0.191. The summed E-state index contributed by atoms with van der Waals surface area (Å²) in [5.41, 5.74) is 5.65. The Morgan fingerprint density at radius 3 is 2.67 bits per heavy atom. The van der Waals surface area contributed by atoms with Crippen molar-refractivity contribution in [3.05, 3.63) is 84.3 Å². The number of aromatic nitrogens is 2. The third-order valence-electron chi connectivity index (χ3n) is 6.93. The zero-order valence-electron chi connectivity index (χ0n) is 21.1. The van der Waals surface area contributed by atoms with Gasteiger partial charge in [0.15, 0.2) is 0 Å². The Hall–Kier alpha value is -3.84. The van der Waals surface area contributed by atoms with E-state index in [-0.39, 0.29) is 11.9 Å². The highest BCUT2D eigenvalue weighted by atomic mass is 16.3. The average molecular weight is 484 g/mol. The molecule has 4 aromatic rings. The molecular weight excluding hydrogens is 450 g/mol. The van der Waals surface area contributed by atoms with Gasteiger partial charge >= 0.3 is 6.03 Å². The molecule has 2 unspecified atom stereocenters. The SMILES string of the molecule is CC(O)c1cccc(-c2nc(C3CCCN(C(=O)Nc4ccc(N(C)C)cc4)C3)n3ccccc23)c1. The van der Waals surface area contributed by atoms with Gasteiger partial charge in [0.1, 0.15) is 5.82 Å². The standard InChI is InChI=1S/C29H33N5O2/c1-20(35)21-8-6-9-22(18-21)27-26-11-4-5-17-34(26)28(31-27)23-10-7-16-33(19-23)29(36)30-24-12-14-25(15-13-24)32(2)3/h4-6,8-9,11-15,17-18,20,23,35H,7,10,16,19H2,1-3H3,(H,30,36). The van der Waals surface area contributed by atoms with Crippen molar-refractivity contribution in [2.24, 2.45) is 0 Å². The summed E-state index contributed by atoms with van der Waals surface area (Å²) in [5, 5.41) is 13.1. The Labute approximate surface area is 212 Å². The maximum atomic E-state index is 13.1. The van der Waals surface area contributed by atoms with Crippen LogP contribution in [0.15, 0.2) is 72.9 Å². The number of aliphatic hydroxyl groups excluding tert-OH is 1. The molecule has 2 aromatic carbocycles. The molecule has 2 atom stereocenters. The van der Waals surface area contributed by atoms with Gasteiger partial charge in [0.2, 0.25) is 0 Å². The quantitative estimate of drug-likeness (QED) is 0.391. The number of amides is 2. The first-order chi connectivity index (χ1) is 17.4. The first kappa shape index (κ1) is 23.9. The van der Waals surface area contributed by atoms with E-state index in [0.717, 1.165) is 58.9 Å². The van der Waals surface area contributed by atoms with Crippen LogP contribution >= 0.6 is 0 Å². The average Bonchev–Trinajstić information content (AvgIpc) is 3.29. The molecule has 0 bridgehead atoms. The summed E-state index contributed by atoms with van der Waals surface area (Å²) < 4.78 is 2.15. The first-order valence-electron chi connectivity index (χ1n) is 12.5. The van der Waals surface area contributed by atoms with Gasteiger partial charge in [0, 0.05) is 56.2 Å². The normalized spacial score (nSPS) is 16.7. The minimum Gasteiger partial charge on any atom is -0.389 e. The third-order valence-corrected chi connectivity index (χ3v) is 6.93. The van der Waals surface area contributed by atoms with Crippen LogP contribution in [0.5, 0.6) is 0 Å². The maximum Gasteiger partial charge on any atom is 0.321 e. The second kappa shape index (κ2) is 10.0. The molecule has 0 radical (unpaired) electrons. The molecule has 2 N–H and O–H groups in total. The Kier molecular flexibility index (Phi) is 6.65. The molecule has 0 aliphatic carbocycles. The Balaban J connectivity index is 1.39. The number of anilines is 2. The van der Waals surface area contributed by atoms with Gasteiger partial charge < -0.3 is 24.6 Å². The summed E-state index contributed by atoms with van der Waals surface area (Å²) in [4.78, 5) is 22.1. The summed E-state index contributed by atoms with van der Waals surface area (Å²) in [5.74, 6) is 1.10. The highest BCUT2D eigenvalue weighted by Crippen LogP contribution is 2.33. The topological polar surface area (TPSA) is 73.1 Å². The lowest BCUT2D eigenvalue weighted by Crippen LogP contribution is -2.42. The number of aliphatic hydroxyl groups is 1. The van der Waals surface area contributed by atoms with Crippen LogP contribution < -0.4 is 10.2 Å². The summed E-state index contributed by atoms with van der Waals surface area (Å²) in [7, 11) is 3.99. The van der Waals surface area contributed by atoms with E-state index in [1.165, 1.54) is 0 Å². The number of hydrogen-bond donors (Lipinski definition) is 2. The molecule has 5 rings (SSSR count). The highest BCUT2D eigenvalue weighted by molar-refractivity contribution is 5.89. The molecule has 2 amide bonds. The van der Waals surface area contributed by atoms with Crippen molar-refractivity contribution in [1.82, 2.24) is 14.3 Å². The molecule has 7 nitrogen and oxygen atoms in total. The van der Waals surface area contributed by atoms with Crippen LogP contribution in [0, 0.1) is 0 Å². The van der Waals surface area contributed by atoms with E-state index in [1.807, 2.05) is 90.8 Å². The maximum absolute atomic E-state index is 13.1. The summed E-state index contributed by atoms with van der Waals surface area (Å²) in [6, 6.07) is 21.8. The molecule has 1 aliphatic heterocycles. The highest BCUT2D eigenvalue weighted by Gasteiger charge is 2.29. The number of piperidine rings is 1. The number of benzene rings is 2. The number of imidazole rings is 1. The van der Waals surface area contributed by atoms with Gasteiger partial charge in [-0.25, -0.2) is 9.78 Å². The fourth-order valence-electron chi connectivity index (χ4n) is 4.93. The Bertz CT molecular complexity index is 1360. The van der Waals surface area contributed by atoms with E-state index in [0.29, 0.717) is 6.54 Å². The fourth-order valence-corrected chi connectivity index (χ4v) is 4.93. The molecule has 1 fully saturated rings. The Morgan fingerprint density at radius 2 is 1.92 bits per heavy atom. The van der Waals surface area contributed by atoms with Gasteiger partial charge in [0.05, 0.1) is 17.3 Å². The van der Waals surface area contributed by atoms with Crippen molar-refractivity contribution in [1.29, 1.82) is 0 Å². The number of urea groups is 1. The van der Waals surface area contributed by atoms with E-state index in [9.17, 15) is 9.90 Å². The van der Waals surface area contributed by atoms with E-state index in [4.69, 9.17) is 4.98 Å². The van der Waals surface area contributed by atoms with Crippen LogP contribution in [0.3, 0.4) is 0 Å². The number of nitrogens with one attached hydrogen (secondary N) is 1. The van der Waals surface area contributed by atoms with Gasteiger partial charge in [-0.3, -0.25) is 0 Å². The number of pyridine rings is 1. The van der Waals surface area contributed by atoms with Gasteiger partial charge in [-0.2, -0.15) is 0 Å². The second-order valence-electron chi connectivity index (χ2n) is 9.73. The van der Waals surface area contributed by atoms with E-state index in [1.54, 1.807) is 6.92 Å². The molecular formula is C29H33N5O2. The largest absolute Gasteiger partial charge is 0.389 e. The second-order valence-corrected chi connectivity index (χ2v) is 9.73. The van der Waals surface area contributed by atoms with Crippen LogP contribution in [0.1, 0.15) is 43.2 Å².